The maximum atomic E-state index is 15.3. The van der Waals surface area contributed by atoms with Gasteiger partial charge in [-0.05, 0) is 80.5 Å². The van der Waals surface area contributed by atoms with E-state index >= 15 is 4.39 Å². The fourth-order valence-electron chi connectivity index (χ4n) is 6.00. The number of amides is 1. The zero-order valence-electron chi connectivity index (χ0n) is 21.3. The van der Waals surface area contributed by atoms with Crippen LogP contribution in [0.3, 0.4) is 0 Å². The SMILES string of the molecule is O=C1c2ccc(OC[C@@H]3CCCO3)cc2CCN1c1ccc(N2CCC(NC3CCOCC3)C2)c(F)c1. The number of anilines is 2. The molecular weight excluding hydrogens is 473 g/mol. The standard InChI is InChI=1S/C29H36FN3O4/c30-27-17-23(3-6-28(27)32-11-8-22(18-32)31-21-9-14-35-15-10-21)33-12-7-20-16-24(4-5-26(20)29(33)34)37-19-25-2-1-13-36-25/h3-6,16-17,21-22,25,31H,1-2,7-15,18-19H2/t22?,25-/m0/s1. The Morgan fingerprint density at radius 3 is 2.70 bits per heavy atom. The van der Waals surface area contributed by atoms with Crippen LogP contribution >= 0.6 is 0 Å². The molecule has 1 unspecified atom stereocenters. The summed E-state index contributed by atoms with van der Waals surface area (Å²) >= 11 is 0. The van der Waals surface area contributed by atoms with Crippen LogP contribution in [0.2, 0.25) is 0 Å². The monoisotopic (exact) mass is 509 g/mol. The number of nitrogens with zero attached hydrogens (tertiary/aromatic N) is 2. The molecule has 198 valence electrons. The molecule has 37 heavy (non-hydrogen) atoms. The van der Waals surface area contributed by atoms with Crippen molar-refractivity contribution >= 4 is 17.3 Å². The first-order valence-electron chi connectivity index (χ1n) is 13.7. The lowest BCUT2D eigenvalue weighted by Crippen LogP contribution is -2.43. The van der Waals surface area contributed by atoms with Gasteiger partial charge in [-0.3, -0.25) is 4.79 Å². The molecule has 0 saturated carbocycles. The van der Waals surface area contributed by atoms with Gasteiger partial charge in [0.2, 0.25) is 0 Å². The Hall–Kier alpha value is -2.68. The van der Waals surface area contributed by atoms with Gasteiger partial charge < -0.3 is 29.3 Å². The van der Waals surface area contributed by atoms with E-state index in [1.807, 2.05) is 30.3 Å². The largest absolute Gasteiger partial charge is 0.491 e. The Bertz CT molecular complexity index is 1120. The molecule has 6 rings (SSSR count). The number of halogens is 1. The van der Waals surface area contributed by atoms with Crippen molar-refractivity contribution in [2.45, 2.75) is 56.7 Å². The summed E-state index contributed by atoms with van der Waals surface area (Å²) in [6.07, 6.45) is 6.04. The molecule has 0 aliphatic carbocycles. The number of carbonyl (C=O) groups excluding carboxylic acids is 1. The van der Waals surface area contributed by atoms with Crippen molar-refractivity contribution in [1.82, 2.24) is 5.32 Å². The summed E-state index contributed by atoms with van der Waals surface area (Å²) in [6, 6.07) is 11.7. The lowest BCUT2D eigenvalue weighted by molar-refractivity contribution is 0.0679. The smallest absolute Gasteiger partial charge is 0.258 e. The van der Waals surface area contributed by atoms with Gasteiger partial charge in [-0.25, -0.2) is 4.39 Å². The fraction of sp³-hybridized carbons (Fsp3) is 0.552. The van der Waals surface area contributed by atoms with Crippen LogP contribution in [0.25, 0.3) is 0 Å². The highest BCUT2D eigenvalue weighted by Crippen LogP contribution is 2.32. The van der Waals surface area contributed by atoms with Crippen molar-refractivity contribution in [2.75, 3.05) is 55.9 Å². The predicted molar refractivity (Wildman–Crippen MR) is 140 cm³/mol. The zero-order valence-corrected chi connectivity index (χ0v) is 21.3. The van der Waals surface area contributed by atoms with E-state index in [4.69, 9.17) is 14.2 Å². The molecule has 4 aliphatic heterocycles. The minimum Gasteiger partial charge on any atom is -0.491 e. The molecule has 2 aromatic rings. The highest BCUT2D eigenvalue weighted by molar-refractivity contribution is 6.08. The predicted octanol–water partition coefficient (Wildman–Crippen LogP) is 3.93. The molecule has 0 radical (unpaired) electrons. The Morgan fingerprint density at radius 2 is 1.89 bits per heavy atom. The summed E-state index contributed by atoms with van der Waals surface area (Å²) in [4.78, 5) is 17.1. The fourth-order valence-corrected chi connectivity index (χ4v) is 6.00. The second-order valence-electron chi connectivity index (χ2n) is 10.6. The van der Waals surface area contributed by atoms with Crippen LogP contribution in [0.4, 0.5) is 15.8 Å². The molecule has 4 aliphatic rings. The number of fused-ring (bicyclic) bond motifs is 1. The molecule has 0 aromatic heterocycles. The van der Waals surface area contributed by atoms with E-state index in [2.05, 4.69) is 10.2 Å². The van der Waals surface area contributed by atoms with Crippen LogP contribution < -0.4 is 19.9 Å². The number of rotatable bonds is 7. The van der Waals surface area contributed by atoms with Crippen LogP contribution in [-0.4, -0.2) is 70.2 Å². The second-order valence-corrected chi connectivity index (χ2v) is 10.6. The molecule has 2 aromatic carbocycles. The van der Waals surface area contributed by atoms with Crippen molar-refractivity contribution in [1.29, 1.82) is 0 Å². The highest BCUT2D eigenvalue weighted by Gasteiger charge is 2.29. The first-order chi connectivity index (χ1) is 18.1. The third-order valence-corrected chi connectivity index (χ3v) is 8.08. The summed E-state index contributed by atoms with van der Waals surface area (Å²) < 4.78 is 32.3. The van der Waals surface area contributed by atoms with Crippen molar-refractivity contribution < 1.29 is 23.4 Å². The van der Waals surface area contributed by atoms with Gasteiger partial charge in [0.15, 0.2) is 0 Å². The molecule has 2 atom stereocenters. The van der Waals surface area contributed by atoms with Crippen LogP contribution in [-0.2, 0) is 15.9 Å². The average Bonchev–Trinajstić information content (AvgIpc) is 3.61. The third kappa shape index (κ3) is 5.47. The minimum absolute atomic E-state index is 0.0963. The number of nitrogens with one attached hydrogen (secondary N) is 1. The van der Waals surface area contributed by atoms with Gasteiger partial charge in [-0.15, -0.1) is 0 Å². The normalized spacial score (nSPS) is 24.5. The summed E-state index contributed by atoms with van der Waals surface area (Å²) in [7, 11) is 0. The van der Waals surface area contributed by atoms with E-state index in [0.717, 1.165) is 76.3 Å². The Balaban J connectivity index is 1.09. The first-order valence-corrected chi connectivity index (χ1v) is 13.7. The van der Waals surface area contributed by atoms with Crippen LogP contribution in [0.15, 0.2) is 36.4 Å². The number of hydrogen-bond donors (Lipinski definition) is 1. The molecule has 4 heterocycles. The van der Waals surface area contributed by atoms with Crippen molar-refractivity contribution in [3.8, 4) is 5.75 Å². The number of benzene rings is 2. The summed E-state index contributed by atoms with van der Waals surface area (Å²) in [5, 5.41) is 3.73. The zero-order chi connectivity index (χ0) is 25.2. The summed E-state index contributed by atoms with van der Waals surface area (Å²) in [5.74, 6) is 0.391. The van der Waals surface area contributed by atoms with E-state index in [1.54, 1.807) is 4.90 Å². The van der Waals surface area contributed by atoms with E-state index < -0.39 is 0 Å². The second kappa shape index (κ2) is 11.0. The van der Waals surface area contributed by atoms with Gasteiger partial charge in [-0.1, -0.05) is 0 Å². The van der Waals surface area contributed by atoms with E-state index in [1.165, 1.54) is 6.07 Å². The van der Waals surface area contributed by atoms with E-state index in [9.17, 15) is 4.79 Å². The van der Waals surface area contributed by atoms with E-state index in [0.29, 0.717) is 48.6 Å². The van der Waals surface area contributed by atoms with Gasteiger partial charge in [0, 0.05) is 62.8 Å². The Morgan fingerprint density at radius 1 is 1.00 bits per heavy atom. The van der Waals surface area contributed by atoms with E-state index in [-0.39, 0.29) is 17.8 Å². The van der Waals surface area contributed by atoms with Gasteiger partial charge in [-0.2, -0.15) is 0 Å². The Kier molecular flexibility index (Phi) is 7.31. The first kappa shape index (κ1) is 24.6. The number of ether oxygens (including phenoxy) is 3. The third-order valence-electron chi connectivity index (χ3n) is 8.08. The molecular formula is C29H36FN3O4. The van der Waals surface area contributed by atoms with Gasteiger partial charge >= 0.3 is 0 Å². The maximum Gasteiger partial charge on any atom is 0.258 e. The molecule has 0 bridgehead atoms. The van der Waals surface area contributed by atoms with Crippen molar-refractivity contribution in [3.63, 3.8) is 0 Å². The van der Waals surface area contributed by atoms with Crippen LogP contribution in [0.5, 0.6) is 5.75 Å². The molecule has 0 spiro atoms. The molecule has 7 nitrogen and oxygen atoms in total. The summed E-state index contributed by atoms with van der Waals surface area (Å²) in [5.41, 5.74) is 2.84. The van der Waals surface area contributed by atoms with Crippen LogP contribution in [0, 0.1) is 5.82 Å². The van der Waals surface area contributed by atoms with Crippen molar-refractivity contribution in [2.24, 2.45) is 0 Å². The topological polar surface area (TPSA) is 63.3 Å². The van der Waals surface area contributed by atoms with Crippen molar-refractivity contribution in [3.05, 3.63) is 53.3 Å². The molecule has 3 saturated heterocycles. The van der Waals surface area contributed by atoms with Gasteiger partial charge in [0.1, 0.15) is 18.2 Å². The lowest BCUT2D eigenvalue weighted by atomic mass is 9.98. The molecule has 1 amide bonds. The minimum atomic E-state index is -0.277. The van der Waals surface area contributed by atoms with Gasteiger partial charge in [0.25, 0.3) is 5.91 Å². The number of carbonyl (C=O) groups is 1. The quantitative estimate of drug-likeness (QED) is 0.610. The average molecular weight is 510 g/mol. The van der Waals surface area contributed by atoms with Crippen LogP contribution in [0.1, 0.15) is 48.0 Å². The number of hydrogen-bond acceptors (Lipinski definition) is 6. The molecule has 8 heteroatoms. The maximum absolute atomic E-state index is 15.3. The molecule has 1 N–H and O–H groups in total. The highest BCUT2D eigenvalue weighted by atomic mass is 19.1. The lowest BCUT2D eigenvalue weighted by Gasteiger charge is -2.30. The Labute approximate surface area is 217 Å². The summed E-state index contributed by atoms with van der Waals surface area (Å²) in [6.45, 7) is 5.10. The molecule has 3 fully saturated rings. The van der Waals surface area contributed by atoms with Gasteiger partial charge in [0.05, 0.1) is 11.8 Å².